The number of nitrogens with one attached hydrogen (secondary N) is 1. The van der Waals surface area contributed by atoms with Crippen LogP contribution in [0, 0.1) is 0 Å². The first-order valence-electron chi connectivity index (χ1n) is 5.90. The van der Waals surface area contributed by atoms with E-state index in [0.717, 1.165) is 21.8 Å². The third-order valence-corrected chi connectivity index (χ3v) is 3.95. The van der Waals surface area contributed by atoms with Crippen LogP contribution in [0.15, 0.2) is 41.3 Å². The Morgan fingerprint density at radius 3 is 2.68 bits per heavy atom. The molecule has 0 saturated carbocycles. The van der Waals surface area contributed by atoms with Crippen LogP contribution < -0.4 is 0 Å². The first-order chi connectivity index (χ1) is 9.22. The number of hydrogen-bond acceptors (Lipinski definition) is 3. The maximum atomic E-state index is 11.6. The first-order valence-corrected chi connectivity index (χ1v) is 7.13. The smallest absolute Gasteiger partial charge is 0.337 e. The van der Waals surface area contributed by atoms with Crippen LogP contribution in [0.2, 0.25) is 0 Å². The van der Waals surface area contributed by atoms with Crippen molar-refractivity contribution in [1.82, 2.24) is 4.98 Å². The number of hydrogen-bond donors (Lipinski definition) is 1. The molecule has 0 saturated heterocycles. The highest BCUT2D eigenvalue weighted by Crippen LogP contribution is 2.29. The lowest BCUT2D eigenvalue weighted by molar-refractivity contribution is 0.0601. The van der Waals surface area contributed by atoms with Gasteiger partial charge in [0.2, 0.25) is 0 Å². The van der Waals surface area contributed by atoms with Crippen molar-refractivity contribution in [2.45, 2.75) is 4.90 Å². The van der Waals surface area contributed by atoms with Gasteiger partial charge in [0, 0.05) is 26.7 Å². The monoisotopic (exact) mass is 271 g/mol. The molecule has 0 atom stereocenters. The van der Waals surface area contributed by atoms with Gasteiger partial charge in [0.05, 0.1) is 12.7 Å². The van der Waals surface area contributed by atoms with E-state index in [4.69, 9.17) is 4.74 Å². The average molecular weight is 271 g/mol. The number of fused-ring (bicyclic) bond motifs is 3. The third-order valence-electron chi connectivity index (χ3n) is 3.23. The zero-order valence-corrected chi connectivity index (χ0v) is 11.5. The summed E-state index contributed by atoms with van der Waals surface area (Å²) in [5.41, 5.74) is 2.69. The van der Waals surface area contributed by atoms with Gasteiger partial charge in [-0.3, -0.25) is 0 Å². The predicted molar refractivity (Wildman–Crippen MR) is 78.9 cm³/mol. The summed E-state index contributed by atoms with van der Waals surface area (Å²) in [4.78, 5) is 16.2. The van der Waals surface area contributed by atoms with Gasteiger partial charge >= 0.3 is 5.97 Å². The Kier molecular flexibility index (Phi) is 2.95. The number of thioether (sulfide) groups is 1. The molecule has 2 aromatic carbocycles. The van der Waals surface area contributed by atoms with Crippen molar-refractivity contribution in [2.24, 2.45) is 0 Å². The van der Waals surface area contributed by atoms with Gasteiger partial charge in [-0.1, -0.05) is 6.07 Å². The van der Waals surface area contributed by atoms with Gasteiger partial charge in [-0.05, 0) is 36.6 Å². The second kappa shape index (κ2) is 4.63. The van der Waals surface area contributed by atoms with Crippen molar-refractivity contribution >= 4 is 39.5 Å². The van der Waals surface area contributed by atoms with Crippen molar-refractivity contribution < 1.29 is 9.53 Å². The zero-order chi connectivity index (χ0) is 13.4. The molecule has 1 heterocycles. The zero-order valence-electron chi connectivity index (χ0n) is 10.7. The van der Waals surface area contributed by atoms with Crippen LogP contribution in [-0.2, 0) is 4.74 Å². The van der Waals surface area contributed by atoms with Gasteiger partial charge in [-0.15, -0.1) is 11.8 Å². The molecule has 1 N–H and O–H groups in total. The number of aromatic amines is 1. The molecule has 0 unspecified atom stereocenters. The fraction of sp³-hybridized carbons (Fsp3) is 0.133. The molecule has 0 fully saturated rings. The second-order valence-corrected chi connectivity index (χ2v) is 5.17. The molecule has 19 heavy (non-hydrogen) atoms. The number of carbonyl (C=O) groups excluding carboxylic acids is 1. The standard InChI is InChI=1S/C15H13NO2S/c1-18-15(17)9-3-6-13-12(7-9)11-5-4-10(19-2)8-14(11)16-13/h3-8,16H,1-2H3. The molecule has 0 aliphatic rings. The number of benzene rings is 2. The van der Waals surface area contributed by atoms with Gasteiger partial charge in [0.1, 0.15) is 0 Å². The lowest BCUT2D eigenvalue weighted by atomic mass is 10.1. The minimum Gasteiger partial charge on any atom is -0.465 e. The van der Waals surface area contributed by atoms with E-state index in [9.17, 15) is 4.79 Å². The summed E-state index contributed by atoms with van der Waals surface area (Å²) < 4.78 is 4.76. The van der Waals surface area contributed by atoms with Crippen molar-refractivity contribution in [3.05, 3.63) is 42.0 Å². The van der Waals surface area contributed by atoms with Gasteiger partial charge < -0.3 is 9.72 Å². The summed E-state index contributed by atoms with van der Waals surface area (Å²) in [5.74, 6) is -0.308. The van der Waals surface area contributed by atoms with Crippen LogP contribution in [0.1, 0.15) is 10.4 Å². The third kappa shape index (κ3) is 1.98. The molecule has 3 aromatic rings. The number of H-pyrrole nitrogens is 1. The average Bonchev–Trinajstić information content (AvgIpc) is 2.82. The number of aromatic nitrogens is 1. The Labute approximate surface area is 114 Å². The van der Waals surface area contributed by atoms with Crippen molar-refractivity contribution in [3.8, 4) is 0 Å². The van der Waals surface area contributed by atoms with Crippen molar-refractivity contribution in [1.29, 1.82) is 0 Å². The Morgan fingerprint density at radius 1 is 1.11 bits per heavy atom. The molecule has 4 heteroatoms. The van der Waals surface area contributed by atoms with Crippen LogP contribution in [-0.4, -0.2) is 24.3 Å². The summed E-state index contributed by atoms with van der Waals surface area (Å²) in [7, 11) is 1.40. The highest BCUT2D eigenvalue weighted by atomic mass is 32.2. The molecule has 0 bridgehead atoms. The molecular formula is C15H13NO2S. The summed E-state index contributed by atoms with van der Waals surface area (Å²) in [5, 5.41) is 2.17. The largest absolute Gasteiger partial charge is 0.465 e. The first kappa shape index (κ1) is 12.1. The summed E-state index contributed by atoms with van der Waals surface area (Å²) in [6, 6.07) is 11.9. The molecule has 96 valence electrons. The summed E-state index contributed by atoms with van der Waals surface area (Å²) in [6.07, 6.45) is 2.05. The fourth-order valence-electron chi connectivity index (χ4n) is 2.25. The second-order valence-electron chi connectivity index (χ2n) is 4.29. The number of rotatable bonds is 2. The number of carbonyl (C=O) groups is 1. The highest BCUT2D eigenvalue weighted by Gasteiger charge is 2.10. The number of ether oxygens (including phenoxy) is 1. The van der Waals surface area contributed by atoms with Gasteiger partial charge in [0.15, 0.2) is 0 Å². The lowest BCUT2D eigenvalue weighted by Crippen LogP contribution is -2.00. The minimum atomic E-state index is -0.308. The van der Waals surface area contributed by atoms with Crippen LogP contribution in [0.4, 0.5) is 0 Å². The number of methoxy groups -OCH3 is 1. The molecule has 0 radical (unpaired) electrons. The quantitative estimate of drug-likeness (QED) is 0.569. The van der Waals surface area contributed by atoms with Crippen LogP contribution in [0.5, 0.6) is 0 Å². The van der Waals surface area contributed by atoms with Crippen LogP contribution in [0.3, 0.4) is 0 Å². The van der Waals surface area contributed by atoms with Crippen LogP contribution >= 0.6 is 11.8 Å². The topological polar surface area (TPSA) is 42.1 Å². The molecule has 0 spiro atoms. The maximum Gasteiger partial charge on any atom is 0.337 e. The van der Waals surface area contributed by atoms with E-state index in [2.05, 4.69) is 29.4 Å². The van der Waals surface area contributed by atoms with Crippen molar-refractivity contribution in [2.75, 3.05) is 13.4 Å². The summed E-state index contributed by atoms with van der Waals surface area (Å²) >= 11 is 1.71. The minimum absolute atomic E-state index is 0.308. The molecule has 0 aliphatic carbocycles. The fourth-order valence-corrected chi connectivity index (χ4v) is 2.69. The Balaban J connectivity index is 2.26. The van der Waals surface area contributed by atoms with Crippen LogP contribution in [0.25, 0.3) is 21.8 Å². The van der Waals surface area contributed by atoms with Gasteiger partial charge in [0.25, 0.3) is 0 Å². The highest BCUT2D eigenvalue weighted by molar-refractivity contribution is 7.98. The predicted octanol–water partition coefficient (Wildman–Crippen LogP) is 3.83. The Hall–Kier alpha value is -1.94. The molecule has 0 aliphatic heterocycles. The van der Waals surface area contributed by atoms with E-state index in [1.165, 1.54) is 12.0 Å². The molecule has 3 rings (SSSR count). The van der Waals surface area contributed by atoms with E-state index in [1.54, 1.807) is 17.8 Å². The SMILES string of the molecule is COC(=O)c1ccc2[nH]c3cc(SC)ccc3c2c1. The van der Waals surface area contributed by atoms with E-state index in [0.29, 0.717) is 5.56 Å². The molecular weight excluding hydrogens is 258 g/mol. The molecule has 1 aromatic heterocycles. The summed E-state index contributed by atoms with van der Waals surface area (Å²) in [6.45, 7) is 0. The van der Waals surface area contributed by atoms with E-state index in [1.807, 2.05) is 12.1 Å². The molecule has 0 amide bonds. The normalized spacial score (nSPS) is 11.1. The lowest BCUT2D eigenvalue weighted by Gasteiger charge is -1.99. The van der Waals surface area contributed by atoms with E-state index >= 15 is 0 Å². The maximum absolute atomic E-state index is 11.6. The van der Waals surface area contributed by atoms with Gasteiger partial charge in [-0.25, -0.2) is 4.79 Å². The van der Waals surface area contributed by atoms with E-state index < -0.39 is 0 Å². The van der Waals surface area contributed by atoms with Gasteiger partial charge in [-0.2, -0.15) is 0 Å². The van der Waals surface area contributed by atoms with E-state index in [-0.39, 0.29) is 5.97 Å². The van der Waals surface area contributed by atoms with Crippen molar-refractivity contribution in [3.63, 3.8) is 0 Å². The Bertz CT molecular complexity index is 776. The molecule has 3 nitrogen and oxygen atoms in total. The number of esters is 1. The Morgan fingerprint density at radius 2 is 1.95 bits per heavy atom.